The summed E-state index contributed by atoms with van der Waals surface area (Å²) >= 11 is 0. The summed E-state index contributed by atoms with van der Waals surface area (Å²) < 4.78 is 10.6. The molecule has 0 saturated carbocycles. The molecule has 1 aliphatic heterocycles. The molecule has 2 aliphatic rings. The van der Waals surface area contributed by atoms with Crippen molar-refractivity contribution >= 4 is 5.91 Å². The summed E-state index contributed by atoms with van der Waals surface area (Å²) in [6.45, 7) is 1.32. The van der Waals surface area contributed by atoms with Crippen LogP contribution >= 0.6 is 0 Å². The number of hydrogen-bond acceptors (Lipinski definition) is 5. The zero-order valence-electron chi connectivity index (χ0n) is 10.8. The van der Waals surface area contributed by atoms with Crippen LogP contribution < -0.4 is 0 Å². The molecule has 0 bridgehead atoms. The Morgan fingerprint density at radius 3 is 3.11 bits per heavy atom. The zero-order valence-corrected chi connectivity index (χ0v) is 10.8. The first-order chi connectivity index (χ1) is 9.29. The van der Waals surface area contributed by atoms with E-state index in [-0.39, 0.29) is 18.6 Å². The molecule has 104 valence electrons. The molecule has 6 nitrogen and oxygen atoms in total. The van der Waals surface area contributed by atoms with E-state index in [0.717, 1.165) is 36.9 Å². The number of ether oxygens (including phenoxy) is 1. The largest absolute Gasteiger partial charge is 0.394 e. The van der Waals surface area contributed by atoms with Gasteiger partial charge in [0, 0.05) is 18.7 Å². The molecule has 1 aliphatic carbocycles. The lowest BCUT2D eigenvalue weighted by Gasteiger charge is -2.31. The first kappa shape index (κ1) is 12.6. The minimum absolute atomic E-state index is 0.0711. The van der Waals surface area contributed by atoms with E-state index in [1.54, 1.807) is 4.90 Å². The highest BCUT2D eigenvalue weighted by atomic mass is 16.5. The molecule has 1 saturated heterocycles. The molecule has 1 atom stereocenters. The van der Waals surface area contributed by atoms with Crippen molar-refractivity contribution in [1.82, 2.24) is 10.1 Å². The highest BCUT2D eigenvalue weighted by Gasteiger charge is 2.30. The summed E-state index contributed by atoms with van der Waals surface area (Å²) in [4.78, 5) is 14.1. The number of rotatable bonds is 2. The third-order valence-corrected chi connectivity index (χ3v) is 3.78. The summed E-state index contributed by atoms with van der Waals surface area (Å²) in [6, 6.07) is 0. The molecular formula is C13H18N2O4. The van der Waals surface area contributed by atoms with Gasteiger partial charge in [-0.2, -0.15) is 0 Å². The highest BCUT2D eigenvalue weighted by molar-refractivity contribution is 5.93. The van der Waals surface area contributed by atoms with Gasteiger partial charge in [0.2, 0.25) is 5.76 Å². The molecular weight excluding hydrogens is 248 g/mol. The first-order valence-corrected chi connectivity index (χ1v) is 6.78. The Bertz CT molecular complexity index is 471. The summed E-state index contributed by atoms with van der Waals surface area (Å²) in [5, 5.41) is 13.1. The summed E-state index contributed by atoms with van der Waals surface area (Å²) in [5.41, 5.74) is 1.91. The second-order valence-electron chi connectivity index (χ2n) is 5.07. The summed E-state index contributed by atoms with van der Waals surface area (Å²) in [6.07, 6.45) is 3.66. The second kappa shape index (κ2) is 5.30. The number of aliphatic hydroxyl groups is 1. The van der Waals surface area contributed by atoms with Crippen molar-refractivity contribution in [3.8, 4) is 0 Å². The Balaban J connectivity index is 1.78. The molecule has 19 heavy (non-hydrogen) atoms. The van der Waals surface area contributed by atoms with Crippen LogP contribution in [-0.2, 0) is 17.6 Å². The molecule has 1 amide bonds. The van der Waals surface area contributed by atoms with Gasteiger partial charge in [0.1, 0.15) is 0 Å². The van der Waals surface area contributed by atoms with Gasteiger partial charge in [0.25, 0.3) is 5.91 Å². The SMILES string of the molecule is O=C(c1onc2c1CCCC2)N1CCO[C@@H](CO)C1. The Labute approximate surface area is 111 Å². The average Bonchev–Trinajstić information content (AvgIpc) is 2.90. The van der Waals surface area contributed by atoms with Gasteiger partial charge in [-0.05, 0) is 25.7 Å². The summed E-state index contributed by atoms with van der Waals surface area (Å²) in [7, 11) is 0. The van der Waals surface area contributed by atoms with Gasteiger partial charge >= 0.3 is 0 Å². The minimum Gasteiger partial charge on any atom is -0.394 e. The van der Waals surface area contributed by atoms with Crippen molar-refractivity contribution in [2.75, 3.05) is 26.3 Å². The van der Waals surface area contributed by atoms with Gasteiger partial charge in [-0.1, -0.05) is 5.16 Å². The Morgan fingerprint density at radius 2 is 2.26 bits per heavy atom. The highest BCUT2D eigenvalue weighted by Crippen LogP contribution is 2.25. The zero-order chi connectivity index (χ0) is 13.2. The molecule has 0 unspecified atom stereocenters. The van der Waals surface area contributed by atoms with Gasteiger partial charge in [-0.3, -0.25) is 4.79 Å². The van der Waals surface area contributed by atoms with Crippen LogP contribution in [0.1, 0.15) is 34.7 Å². The molecule has 0 aromatic carbocycles. The standard InChI is InChI=1S/C13H18N2O4/c16-8-9-7-15(5-6-18-9)13(17)12-10-3-1-2-4-11(10)14-19-12/h9,16H,1-8H2/t9-/m1/s1. The van der Waals surface area contributed by atoms with Crippen LogP contribution in [0.3, 0.4) is 0 Å². The van der Waals surface area contributed by atoms with E-state index in [2.05, 4.69) is 5.16 Å². The molecule has 3 rings (SSSR count). The molecule has 2 heterocycles. The van der Waals surface area contributed by atoms with Gasteiger partial charge in [-0.15, -0.1) is 0 Å². The minimum atomic E-state index is -0.295. The quantitative estimate of drug-likeness (QED) is 0.838. The monoisotopic (exact) mass is 266 g/mol. The lowest BCUT2D eigenvalue weighted by molar-refractivity contribution is -0.0455. The number of carbonyl (C=O) groups is 1. The third-order valence-electron chi connectivity index (χ3n) is 3.78. The lowest BCUT2D eigenvalue weighted by Crippen LogP contribution is -2.47. The van der Waals surface area contributed by atoms with Gasteiger partial charge in [0.15, 0.2) is 0 Å². The Morgan fingerprint density at radius 1 is 1.42 bits per heavy atom. The number of morpholine rings is 1. The molecule has 6 heteroatoms. The molecule has 1 aromatic heterocycles. The fourth-order valence-corrected chi connectivity index (χ4v) is 2.72. The van der Waals surface area contributed by atoms with Crippen molar-refractivity contribution < 1.29 is 19.2 Å². The number of aliphatic hydroxyl groups excluding tert-OH is 1. The summed E-state index contributed by atoms with van der Waals surface area (Å²) in [5.74, 6) is 0.255. The first-order valence-electron chi connectivity index (χ1n) is 6.78. The number of carbonyl (C=O) groups excluding carboxylic acids is 1. The van der Waals surface area contributed by atoms with Crippen molar-refractivity contribution in [1.29, 1.82) is 0 Å². The van der Waals surface area contributed by atoms with Crippen LogP contribution in [0.2, 0.25) is 0 Å². The molecule has 0 radical (unpaired) electrons. The average molecular weight is 266 g/mol. The van der Waals surface area contributed by atoms with Crippen LogP contribution in [0.25, 0.3) is 0 Å². The van der Waals surface area contributed by atoms with Crippen molar-refractivity contribution in [2.24, 2.45) is 0 Å². The van der Waals surface area contributed by atoms with E-state index in [1.807, 2.05) is 0 Å². The van der Waals surface area contributed by atoms with E-state index >= 15 is 0 Å². The maximum Gasteiger partial charge on any atom is 0.292 e. The number of nitrogens with zero attached hydrogens (tertiary/aromatic N) is 2. The predicted octanol–water partition coefficient (Wildman–Crippen LogP) is 0.387. The van der Waals surface area contributed by atoms with Gasteiger partial charge < -0.3 is 19.3 Å². The van der Waals surface area contributed by atoms with Crippen LogP contribution in [0.15, 0.2) is 4.52 Å². The molecule has 0 spiro atoms. The Hall–Kier alpha value is -1.40. The van der Waals surface area contributed by atoms with E-state index in [4.69, 9.17) is 14.4 Å². The molecule has 1 aromatic rings. The fraction of sp³-hybridized carbons (Fsp3) is 0.692. The van der Waals surface area contributed by atoms with E-state index < -0.39 is 0 Å². The van der Waals surface area contributed by atoms with Gasteiger partial charge in [0.05, 0.1) is 25.0 Å². The smallest absolute Gasteiger partial charge is 0.292 e. The maximum absolute atomic E-state index is 12.4. The molecule has 1 N–H and O–H groups in total. The maximum atomic E-state index is 12.4. The molecule has 1 fully saturated rings. The normalized spacial score (nSPS) is 23.2. The van der Waals surface area contributed by atoms with E-state index in [0.29, 0.717) is 25.5 Å². The van der Waals surface area contributed by atoms with Crippen molar-refractivity contribution in [3.05, 3.63) is 17.0 Å². The van der Waals surface area contributed by atoms with Crippen molar-refractivity contribution in [2.45, 2.75) is 31.8 Å². The fourth-order valence-electron chi connectivity index (χ4n) is 2.72. The number of aromatic nitrogens is 1. The topological polar surface area (TPSA) is 75.8 Å². The predicted molar refractivity (Wildman–Crippen MR) is 65.9 cm³/mol. The van der Waals surface area contributed by atoms with Crippen LogP contribution in [0, 0.1) is 0 Å². The second-order valence-corrected chi connectivity index (χ2v) is 5.07. The van der Waals surface area contributed by atoms with E-state index in [1.165, 1.54) is 0 Å². The van der Waals surface area contributed by atoms with Gasteiger partial charge in [-0.25, -0.2) is 0 Å². The lowest BCUT2D eigenvalue weighted by atomic mass is 9.96. The Kier molecular flexibility index (Phi) is 3.52. The van der Waals surface area contributed by atoms with Crippen LogP contribution in [-0.4, -0.2) is 53.5 Å². The number of hydrogen-bond donors (Lipinski definition) is 1. The van der Waals surface area contributed by atoms with E-state index in [9.17, 15) is 4.79 Å². The van der Waals surface area contributed by atoms with Crippen LogP contribution in [0.4, 0.5) is 0 Å². The third kappa shape index (κ3) is 2.37. The number of aryl methyl sites for hydroxylation is 1. The van der Waals surface area contributed by atoms with Crippen molar-refractivity contribution in [3.63, 3.8) is 0 Å². The number of amides is 1. The number of fused-ring (bicyclic) bond motifs is 1. The van der Waals surface area contributed by atoms with Crippen LogP contribution in [0.5, 0.6) is 0 Å².